The zero-order valence-electron chi connectivity index (χ0n) is 6.79. The molecule has 0 bridgehead atoms. The first-order valence-electron chi connectivity index (χ1n) is 3.95. The largest absolute Gasteiger partial charge is 0.388 e. The molecule has 66 valence electrons. The first-order valence-corrected chi connectivity index (χ1v) is 3.25. The van der Waals surface area contributed by atoms with Gasteiger partial charge in [-0.15, -0.1) is 0 Å². The standard InChI is InChI=1S/C6H12O5/c1-2-3(7)4(8)5(9)6(10)11-2/h2-10H,1H3/t2-,3-,4+,5-,6?/m1/s1/i1+1D. The van der Waals surface area contributed by atoms with E-state index in [9.17, 15) is 0 Å². The van der Waals surface area contributed by atoms with Crippen LogP contribution in [0.5, 0.6) is 0 Å². The number of rotatable bonds is 0. The van der Waals surface area contributed by atoms with Crippen molar-refractivity contribution in [3.63, 3.8) is 0 Å². The van der Waals surface area contributed by atoms with Crippen molar-refractivity contribution in [2.75, 3.05) is 0 Å². The van der Waals surface area contributed by atoms with Crippen molar-refractivity contribution < 1.29 is 26.5 Å². The molecule has 0 spiro atoms. The molecular formula is C6H12O5. The predicted octanol–water partition coefficient (Wildman–Crippen LogP) is -2.19. The van der Waals surface area contributed by atoms with E-state index in [0.29, 0.717) is 0 Å². The summed E-state index contributed by atoms with van der Waals surface area (Å²) in [4.78, 5) is 0. The normalized spacial score (nSPS) is 53.8. The lowest BCUT2D eigenvalue weighted by molar-refractivity contribution is -0.277. The molecule has 1 heterocycles. The summed E-state index contributed by atoms with van der Waals surface area (Å²) < 4.78 is 11.5. The van der Waals surface area contributed by atoms with E-state index in [2.05, 4.69) is 4.74 Å². The minimum atomic E-state index is -1.53. The van der Waals surface area contributed by atoms with Crippen LogP contribution in [-0.2, 0) is 4.74 Å². The first-order chi connectivity index (χ1) is 5.57. The van der Waals surface area contributed by atoms with Gasteiger partial charge >= 0.3 is 0 Å². The molecule has 0 aromatic carbocycles. The molecule has 0 saturated carbocycles. The number of hydrogen-bond acceptors (Lipinski definition) is 5. The fourth-order valence-electron chi connectivity index (χ4n) is 0.931. The fourth-order valence-corrected chi connectivity index (χ4v) is 0.931. The highest BCUT2D eigenvalue weighted by molar-refractivity contribution is 4.86. The van der Waals surface area contributed by atoms with Crippen LogP contribution in [0.4, 0.5) is 0 Å². The Kier molecular flexibility index (Phi) is 2.06. The maximum atomic E-state index is 9.16. The van der Waals surface area contributed by atoms with E-state index in [0.717, 1.165) is 0 Å². The maximum absolute atomic E-state index is 9.16. The molecule has 0 aromatic rings. The van der Waals surface area contributed by atoms with Crippen LogP contribution in [0.3, 0.4) is 0 Å². The van der Waals surface area contributed by atoms with Crippen LogP contribution in [0.15, 0.2) is 0 Å². The van der Waals surface area contributed by atoms with Crippen molar-refractivity contribution in [3.05, 3.63) is 0 Å². The summed E-state index contributed by atoms with van der Waals surface area (Å²) >= 11 is 0. The van der Waals surface area contributed by atoms with Crippen molar-refractivity contribution in [1.82, 2.24) is 0 Å². The van der Waals surface area contributed by atoms with E-state index >= 15 is 0 Å². The van der Waals surface area contributed by atoms with Gasteiger partial charge in [0, 0.05) is 1.37 Å². The van der Waals surface area contributed by atoms with E-state index in [4.69, 9.17) is 21.8 Å². The van der Waals surface area contributed by atoms with E-state index in [-0.39, 0.29) is 6.90 Å². The molecule has 11 heavy (non-hydrogen) atoms. The molecule has 4 N–H and O–H groups in total. The molecule has 1 saturated heterocycles. The number of ether oxygens (including phenoxy) is 1. The zero-order chi connectivity index (χ0) is 9.30. The molecule has 0 amide bonds. The summed E-state index contributed by atoms with van der Waals surface area (Å²) in [7, 11) is 0. The molecule has 5 atom stereocenters. The Morgan fingerprint density at radius 3 is 2.27 bits per heavy atom. The van der Waals surface area contributed by atoms with Crippen LogP contribution in [-0.4, -0.2) is 51.1 Å². The molecule has 5 heteroatoms. The topological polar surface area (TPSA) is 90.2 Å². The molecule has 0 radical (unpaired) electrons. The summed E-state index contributed by atoms with van der Waals surface area (Å²) in [6.07, 6.45) is -6.76. The van der Waals surface area contributed by atoms with Crippen LogP contribution < -0.4 is 0 Å². The monoisotopic (exact) mass is 166 g/mol. The van der Waals surface area contributed by atoms with Gasteiger partial charge in [0.1, 0.15) is 18.3 Å². The van der Waals surface area contributed by atoms with Gasteiger partial charge in [-0.25, -0.2) is 0 Å². The molecule has 0 aromatic heterocycles. The van der Waals surface area contributed by atoms with Crippen molar-refractivity contribution in [2.24, 2.45) is 0 Å². The number of aliphatic hydroxyl groups is 4. The van der Waals surface area contributed by atoms with Gasteiger partial charge in [0.25, 0.3) is 0 Å². The summed E-state index contributed by atoms with van der Waals surface area (Å²) in [5.41, 5.74) is 0. The molecule has 1 aliphatic heterocycles. The second-order valence-electron chi connectivity index (χ2n) is 2.54. The lowest BCUT2D eigenvalue weighted by Gasteiger charge is -2.36. The van der Waals surface area contributed by atoms with Crippen LogP contribution in [0.25, 0.3) is 0 Å². The SMILES string of the molecule is [2H][13CH2][C@H]1OC(O)[C@H](O)[C@@H](O)[C@@H]1O. The Hall–Kier alpha value is -0.200. The summed E-state index contributed by atoms with van der Waals surface area (Å²) in [6, 6.07) is 0. The first kappa shape index (κ1) is 7.45. The fraction of sp³-hybridized carbons (Fsp3) is 1.00. The molecule has 1 unspecified atom stereocenters. The predicted molar refractivity (Wildman–Crippen MR) is 34.6 cm³/mol. The quantitative estimate of drug-likeness (QED) is 0.307. The van der Waals surface area contributed by atoms with Crippen LogP contribution in [0.2, 0.25) is 0 Å². The summed E-state index contributed by atoms with van der Waals surface area (Å²) in [5, 5.41) is 36.2. The third kappa shape index (κ3) is 1.52. The van der Waals surface area contributed by atoms with Gasteiger partial charge in [-0.2, -0.15) is 0 Å². The van der Waals surface area contributed by atoms with E-state index in [1.165, 1.54) is 0 Å². The minimum absolute atomic E-state index is 0.276. The Morgan fingerprint density at radius 1 is 1.09 bits per heavy atom. The number of aliphatic hydroxyl groups excluding tert-OH is 4. The molecule has 1 rings (SSSR count). The highest BCUT2D eigenvalue weighted by Gasteiger charge is 2.40. The third-order valence-electron chi connectivity index (χ3n) is 1.69. The molecule has 1 aliphatic rings. The van der Waals surface area contributed by atoms with Crippen molar-refractivity contribution in [3.8, 4) is 0 Å². The van der Waals surface area contributed by atoms with Gasteiger partial charge in [-0.1, -0.05) is 0 Å². The lowest BCUT2D eigenvalue weighted by atomic mass is 10.0. The van der Waals surface area contributed by atoms with Gasteiger partial charge in [-0.3, -0.25) is 0 Å². The second kappa shape index (κ2) is 3.04. The van der Waals surface area contributed by atoms with Crippen LogP contribution >= 0.6 is 0 Å². The average Bonchev–Trinajstić information content (AvgIpc) is 2.08. The van der Waals surface area contributed by atoms with Crippen LogP contribution in [0.1, 0.15) is 8.27 Å². The van der Waals surface area contributed by atoms with Gasteiger partial charge in [-0.05, 0) is 6.90 Å². The highest BCUT2D eigenvalue weighted by Crippen LogP contribution is 2.18. The van der Waals surface area contributed by atoms with Crippen molar-refractivity contribution in [1.29, 1.82) is 0 Å². The lowest BCUT2D eigenvalue weighted by Crippen LogP contribution is -2.56. The Morgan fingerprint density at radius 2 is 1.73 bits per heavy atom. The van der Waals surface area contributed by atoms with Gasteiger partial charge in [0.15, 0.2) is 6.29 Å². The zero-order valence-corrected chi connectivity index (χ0v) is 5.79. The molecule has 5 nitrogen and oxygen atoms in total. The average molecular weight is 166 g/mol. The van der Waals surface area contributed by atoms with E-state index in [1.54, 1.807) is 0 Å². The van der Waals surface area contributed by atoms with Gasteiger partial charge in [0.2, 0.25) is 0 Å². The van der Waals surface area contributed by atoms with Gasteiger partial charge < -0.3 is 25.2 Å². The molecule has 1 fully saturated rings. The third-order valence-corrected chi connectivity index (χ3v) is 1.69. The van der Waals surface area contributed by atoms with E-state index in [1.807, 2.05) is 0 Å². The van der Waals surface area contributed by atoms with Crippen molar-refractivity contribution in [2.45, 2.75) is 37.6 Å². The Labute approximate surface area is 65.3 Å². The molecular weight excluding hydrogens is 153 g/mol. The van der Waals surface area contributed by atoms with E-state index < -0.39 is 30.7 Å². The van der Waals surface area contributed by atoms with Gasteiger partial charge in [0.05, 0.1) is 6.10 Å². The minimum Gasteiger partial charge on any atom is -0.388 e. The van der Waals surface area contributed by atoms with Crippen molar-refractivity contribution >= 4 is 0 Å². The molecule has 0 aliphatic carbocycles. The number of hydrogen-bond donors (Lipinski definition) is 4. The Bertz CT molecular complexity index is 150. The maximum Gasteiger partial charge on any atom is 0.183 e. The van der Waals surface area contributed by atoms with Crippen LogP contribution in [0, 0.1) is 0 Å². The Balaban J connectivity index is 2.63. The highest BCUT2D eigenvalue weighted by atomic mass is 16.6. The second-order valence-corrected chi connectivity index (χ2v) is 2.54. The summed E-state index contributed by atoms with van der Waals surface area (Å²) in [6.45, 7) is -0.276. The summed E-state index contributed by atoms with van der Waals surface area (Å²) in [5.74, 6) is 0. The smallest absolute Gasteiger partial charge is 0.183 e.